The van der Waals surface area contributed by atoms with Crippen LogP contribution in [0, 0.1) is 5.82 Å². The Balaban J connectivity index is 1.56. The Kier molecular flexibility index (Phi) is 9.82. The molecule has 3 aromatic carbocycles. The molecule has 4 rings (SSSR count). The van der Waals surface area contributed by atoms with Gasteiger partial charge in [-0.1, -0.05) is 48.5 Å². The van der Waals surface area contributed by atoms with E-state index in [1.54, 1.807) is 43.3 Å². The van der Waals surface area contributed by atoms with Crippen LogP contribution in [0.3, 0.4) is 0 Å². The summed E-state index contributed by atoms with van der Waals surface area (Å²) in [5, 5.41) is 2.80. The molecule has 1 aliphatic rings. The molecule has 1 aliphatic heterocycles. The van der Waals surface area contributed by atoms with E-state index in [4.69, 9.17) is 9.47 Å². The van der Waals surface area contributed by atoms with E-state index in [1.165, 1.54) is 15.3 Å². The number of carbonyl (C=O) groups is 2. The maximum Gasteiger partial charge on any atom is 0.243 e. The number of benzene rings is 3. The number of ether oxygens (including phenoxy) is 2. The molecular weight excluding hydrogens is 549 g/mol. The zero-order valence-electron chi connectivity index (χ0n) is 23.1. The summed E-state index contributed by atoms with van der Waals surface area (Å²) < 4.78 is 51.9. The average molecular weight is 584 g/mol. The summed E-state index contributed by atoms with van der Waals surface area (Å²) in [7, 11) is -3.69. The molecule has 0 saturated carbocycles. The minimum absolute atomic E-state index is 0.0161. The number of hydrogen-bond acceptors (Lipinski definition) is 6. The summed E-state index contributed by atoms with van der Waals surface area (Å²) in [5.41, 5.74) is 1.51. The molecule has 2 amide bonds. The van der Waals surface area contributed by atoms with Gasteiger partial charge in [0, 0.05) is 44.1 Å². The molecule has 0 aromatic heterocycles. The van der Waals surface area contributed by atoms with Gasteiger partial charge in [-0.25, -0.2) is 12.8 Å². The van der Waals surface area contributed by atoms with E-state index in [9.17, 15) is 22.4 Å². The van der Waals surface area contributed by atoms with Gasteiger partial charge in [-0.2, -0.15) is 0 Å². The Hall–Kier alpha value is -4.12. The van der Waals surface area contributed by atoms with E-state index >= 15 is 0 Å². The van der Waals surface area contributed by atoms with Gasteiger partial charge in [0.15, 0.2) is 11.5 Å². The van der Waals surface area contributed by atoms with Crippen molar-refractivity contribution >= 4 is 27.5 Å². The zero-order valence-corrected chi connectivity index (χ0v) is 23.9. The molecule has 0 radical (unpaired) electrons. The fourth-order valence-corrected chi connectivity index (χ4v) is 5.66. The normalized spacial score (nSPS) is 13.0. The number of likely N-dealkylation sites (N-methyl/N-ethyl adjacent to an activating group) is 1. The van der Waals surface area contributed by atoms with Gasteiger partial charge >= 0.3 is 0 Å². The zero-order chi connectivity index (χ0) is 29.4. The van der Waals surface area contributed by atoms with Crippen molar-refractivity contribution < 1.29 is 31.9 Å². The topological polar surface area (TPSA) is 105 Å². The maximum absolute atomic E-state index is 14.7. The molecule has 41 heavy (non-hydrogen) atoms. The lowest BCUT2D eigenvalue weighted by Gasteiger charge is -2.32. The van der Waals surface area contributed by atoms with Gasteiger partial charge in [0.25, 0.3) is 0 Å². The van der Waals surface area contributed by atoms with Crippen LogP contribution in [0.2, 0.25) is 0 Å². The lowest BCUT2D eigenvalue weighted by atomic mass is 10.0. The second-order valence-corrected chi connectivity index (χ2v) is 11.6. The van der Waals surface area contributed by atoms with E-state index in [0.717, 1.165) is 11.8 Å². The third kappa shape index (κ3) is 7.75. The fourth-order valence-electron chi connectivity index (χ4n) is 4.70. The highest BCUT2D eigenvalue weighted by molar-refractivity contribution is 7.92. The summed E-state index contributed by atoms with van der Waals surface area (Å²) in [6, 6.07) is 19.4. The third-order valence-electron chi connectivity index (χ3n) is 6.72. The van der Waals surface area contributed by atoms with Crippen LogP contribution in [0.25, 0.3) is 0 Å². The molecule has 9 nitrogen and oxygen atoms in total. The van der Waals surface area contributed by atoms with E-state index < -0.39 is 21.9 Å². The van der Waals surface area contributed by atoms with Crippen LogP contribution in [-0.2, 0) is 32.6 Å². The van der Waals surface area contributed by atoms with E-state index in [-0.39, 0.29) is 56.5 Å². The largest absolute Gasteiger partial charge is 0.454 e. The lowest BCUT2D eigenvalue weighted by molar-refractivity contribution is -0.141. The molecule has 1 atom stereocenters. The number of amides is 2. The molecule has 11 heteroatoms. The quantitative estimate of drug-likeness (QED) is 0.328. The fraction of sp³-hybridized carbons (Fsp3) is 0.333. The van der Waals surface area contributed by atoms with Gasteiger partial charge in [0.1, 0.15) is 11.9 Å². The van der Waals surface area contributed by atoms with E-state index in [2.05, 4.69) is 5.32 Å². The average Bonchev–Trinajstić information content (AvgIpc) is 3.42. The first kappa shape index (κ1) is 29.9. The van der Waals surface area contributed by atoms with Crippen LogP contribution in [0.4, 0.5) is 10.1 Å². The molecule has 0 saturated heterocycles. The van der Waals surface area contributed by atoms with Gasteiger partial charge in [-0.15, -0.1) is 0 Å². The van der Waals surface area contributed by atoms with Gasteiger partial charge < -0.3 is 19.7 Å². The summed E-state index contributed by atoms with van der Waals surface area (Å²) in [6.07, 6.45) is 1.44. The van der Waals surface area contributed by atoms with Gasteiger partial charge in [0.05, 0.1) is 11.9 Å². The van der Waals surface area contributed by atoms with Crippen LogP contribution in [0.1, 0.15) is 30.9 Å². The van der Waals surface area contributed by atoms with Gasteiger partial charge in [0.2, 0.25) is 28.6 Å². The van der Waals surface area contributed by atoms with Crippen molar-refractivity contribution in [1.29, 1.82) is 0 Å². The number of sulfonamides is 1. The first-order chi connectivity index (χ1) is 19.7. The second-order valence-electron chi connectivity index (χ2n) is 9.69. The minimum Gasteiger partial charge on any atom is -0.454 e. The predicted octanol–water partition coefficient (Wildman–Crippen LogP) is 3.88. The molecule has 218 valence electrons. The standard InChI is InChI=1S/C30H34FN3O6S/c1-3-32-30(36)26(18-22-10-5-4-6-11-22)33(20-23-12-7-8-13-25(23)31)29(35)14-9-17-34(41(2,37)38)24-15-16-27-28(19-24)40-21-39-27/h4-8,10-13,15-16,19,26H,3,9,14,17-18,20-21H2,1-2H3,(H,32,36)/t26-/m0/s1. The third-order valence-corrected chi connectivity index (χ3v) is 7.91. The van der Waals surface area contributed by atoms with Crippen LogP contribution < -0.4 is 19.1 Å². The number of nitrogens with one attached hydrogen (secondary N) is 1. The number of anilines is 1. The van der Waals surface area contributed by atoms with Crippen LogP contribution in [0.5, 0.6) is 11.5 Å². The Labute approximate surface area is 239 Å². The van der Waals surface area contributed by atoms with Crippen molar-refractivity contribution in [1.82, 2.24) is 10.2 Å². The molecule has 1 N–H and O–H groups in total. The first-order valence-electron chi connectivity index (χ1n) is 13.4. The molecule has 1 heterocycles. The Morgan fingerprint density at radius 3 is 2.41 bits per heavy atom. The van der Waals surface area contributed by atoms with Crippen molar-refractivity contribution in [3.05, 3.63) is 89.7 Å². The highest BCUT2D eigenvalue weighted by Gasteiger charge is 2.31. The van der Waals surface area contributed by atoms with Crippen molar-refractivity contribution in [2.45, 2.75) is 38.8 Å². The number of hydrogen-bond donors (Lipinski definition) is 1. The Morgan fingerprint density at radius 2 is 1.71 bits per heavy atom. The van der Waals surface area contributed by atoms with Crippen LogP contribution in [-0.4, -0.2) is 57.3 Å². The maximum atomic E-state index is 14.7. The Morgan fingerprint density at radius 1 is 1.00 bits per heavy atom. The van der Waals surface area contributed by atoms with E-state index in [0.29, 0.717) is 23.7 Å². The number of carbonyl (C=O) groups excluding carboxylic acids is 2. The molecule has 0 aliphatic carbocycles. The SMILES string of the molecule is CCNC(=O)[C@H](Cc1ccccc1)N(Cc1ccccc1F)C(=O)CCCN(c1ccc2c(c1)OCO2)S(C)(=O)=O. The van der Waals surface area contributed by atoms with Crippen molar-refractivity contribution in [3.8, 4) is 11.5 Å². The molecule has 0 fully saturated rings. The smallest absolute Gasteiger partial charge is 0.243 e. The summed E-state index contributed by atoms with van der Waals surface area (Å²) in [5.74, 6) is -0.255. The Bertz CT molecular complexity index is 1470. The molecule has 3 aromatic rings. The highest BCUT2D eigenvalue weighted by atomic mass is 32.2. The van der Waals surface area contributed by atoms with Gasteiger partial charge in [-0.3, -0.25) is 13.9 Å². The van der Waals surface area contributed by atoms with Crippen LogP contribution >= 0.6 is 0 Å². The number of halogens is 1. The molecule has 0 spiro atoms. The molecule has 0 unspecified atom stereocenters. The first-order valence-corrected chi connectivity index (χ1v) is 15.2. The van der Waals surface area contributed by atoms with Crippen molar-refractivity contribution in [2.24, 2.45) is 0 Å². The molecule has 0 bridgehead atoms. The summed E-state index contributed by atoms with van der Waals surface area (Å²) in [4.78, 5) is 28.4. The molecular formula is C30H34FN3O6S. The summed E-state index contributed by atoms with van der Waals surface area (Å²) >= 11 is 0. The minimum atomic E-state index is -3.69. The van der Waals surface area contributed by atoms with Crippen molar-refractivity contribution in [3.63, 3.8) is 0 Å². The van der Waals surface area contributed by atoms with Gasteiger partial charge in [-0.05, 0) is 37.1 Å². The monoisotopic (exact) mass is 583 g/mol. The summed E-state index contributed by atoms with van der Waals surface area (Å²) in [6.45, 7) is 2.11. The second kappa shape index (κ2) is 13.5. The van der Waals surface area contributed by atoms with Crippen molar-refractivity contribution in [2.75, 3.05) is 30.4 Å². The highest BCUT2D eigenvalue weighted by Crippen LogP contribution is 2.36. The van der Waals surface area contributed by atoms with Crippen LogP contribution in [0.15, 0.2) is 72.8 Å². The number of fused-ring (bicyclic) bond motifs is 1. The predicted molar refractivity (Wildman–Crippen MR) is 154 cm³/mol. The lowest BCUT2D eigenvalue weighted by Crippen LogP contribution is -2.50. The number of rotatable bonds is 13. The number of nitrogens with zero attached hydrogens (tertiary/aromatic N) is 2. The van der Waals surface area contributed by atoms with E-state index in [1.807, 2.05) is 30.3 Å².